The number of hydrogen-bond donors (Lipinski definition) is 2. The molecule has 0 radical (unpaired) electrons. The monoisotopic (exact) mass is 403 g/mol. The SMILES string of the molecule is CC1=CC(C)(C)NN1c1cc(NC(=O)CCc2ccccc2)nc(-c2ccco2)n1. The lowest BCUT2D eigenvalue weighted by Gasteiger charge is -2.25. The van der Waals surface area contributed by atoms with E-state index in [1.807, 2.05) is 42.3 Å². The predicted octanol–water partition coefficient (Wildman–Crippen LogP) is 4.31. The molecule has 1 aromatic carbocycles. The molecule has 0 aliphatic carbocycles. The smallest absolute Gasteiger partial charge is 0.225 e. The molecule has 0 saturated heterocycles. The summed E-state index contributed by atoms with van der Waals surface area (Å²) in [6.07, 6.45) is 4.73. The van der Waals surface area contributed by atoms with Gasteiger partial charge in [0.15, 0.2) is 17.4 Å². The van der Waals surface area contributed by atoms with Crippen molar-refractivity contribution in [3.8, 4) is 11.6 Å². The largest absolute Gasteiger partial charge is 0.461 e. The summed E-state index contributed by atoms with van der Waals surface area (Å²) in [5.41, 5.74) is 5.35. The van der Waals surface area contributed by atoms with E-state index in [2.05, 4.69) is 40.6 Å². The predicted molar refractivity (Wildman–Crippen MR) is 117 cm³/mol. The number of hydrogen-bond acceptors (Lipinski definition) is 6. The van der Waals surface area contributed by atoms with E-state index >= 15 is 0 Å². The molecule has 0 bridgehead atoms. The molecule has 1 aliphatic heterocycles. The minimum Gasteiger partial charge on any atom is -0.461 e. The molecule has 7 nitrogen and oxygen atoms in total. The van der Waals surface area contributed by atoms with E-state index in [9.17, 15) is 4.79 Å². The van der Waals surface area contributed by atoms with Gasteiger partial charge in [0.05, 0.1) is 11.8 Å². The fourth-order valence-corrected chi connectivity index (χ4v) is 3.47. The molecule has 3 heterocycles. The second-order valence-electron chi connectivity index (χ2n) is 7.90. The van der Waals surface area contributed by atoms with Gasteiger partial charge in [0.1, 0.15) is 5.82 Å². The van der Waals surface area contributed by atoms with Crippen LogP contribution in [0.2, 0.25) is 0 Å². The normalized spacial score (nSPS) is 15.2. The van der Waals surface area contributed by atoms with Gasteiger partial charge in [-0.3, -0.25) is 9.80 Å². The van der Waals surface area contributed by atoms with Crippen molar-refractivity contribution < 1.29 is 9.21 Å². The third kappa shape index (κ3) is 4.58. The zero-order valence-electron chi connectivity index (χ0n) is 17.3. The minimum absolute atomic E-state index is 0.101. The van der Waals surface area contributed by atoms with E-state index in [1.165, 1.54) is 0 Å². The summed E-state index contributed by atoms with van der Waals surface area (Å²) in [7, 11) is 0. The summed E-state index contributed by atoms with van der Waals surface area (Å²) in [5.74, 6) is 1.92. The highest BCUT2D eigenvalue weighted by Gasteiger charge is 2.29. The van der Waals surface area contributed by atoms with Crippen molar-refractivity contribution in [3.05, 3.63) is 72.1 Å². The van der Waals surface area contributed by atoms with Gasteiger partial charge in [0.25, 0.3) is 0 Å². The fourth-order valence-electron chi connectivity index (χ4n) is 3.47. The highest BCUT2D eigenvalue weighted by molar-refractivity contribution is 5.90. The molecule has 0 fully saturated rings. The first kappa shape index (κ1) is 19.8. The van der Waals surface area contributed by atoms with Crippen molar-refractivity contribution in [3.63, 3.8) is 0 Å². The first-order chi connectivity index (χ1) is 14.4. The minimum atomic E-state index is -0.195. The Bertz CT molecular complexity index is 1060. The van der Waals surface area contributed by atoms with Crippen LogP contribution in [-0.2, 0) is 11.2 Å². The second-order valence-corrected chi connectivity index (χ2v) is 7.90. The molecule has 7 heteroatoms. The lowest BCUT2D eigenvalue weighted by atomic mass is 10.1. The number of anilines is 2. The van der Waals surface area contributed by atoms with E-state index < -0.39 is 0 Å². The number of nitrogens with one attached hydrogen (secondary N) is 2. The van der Waals surface area contributed by atoms with Gasteiger partial charge < -0.3 is 9.73 Å². The zero-order chi connectivity index (χ0) is 21.1. The molecule has 1 amide bonds. The molecule has 154 valence electrons. The van der Waals surface area contributed by atoms with Crippen molar-refractivity contribution in [1.82, 2.24) is 15.4 Å². The van der Waals surface area contributed by atoms with Gasteiger partial charge in [-0.1, -0.05) is 30.3 Å². The van der Waals surface area contributed by atoms with E-state index in [0.717, 1.165) is 11.3 Å². The van der Waals surface area contributed by atoms with Crippen molar-refractivity contribution in [1.29, 1.82) is 0 Å². The molecular weight excluding hydrogens is 378 g/mol. The summed E-state index contributed by atoms with van der Waals surface area (Å²) in [5, 5.41) is 4.80. The lowest BCUT2D eigenvalue weighted by molar-refractivity contribution is -0.116. The van der Waals surface area contributed by atoms with Crippen molar-refractivity contribution in [2.24, 2.45) is 0 Å². The standard InChI is InChI=1S/C23H25N5O2/c1-16-15-23(2,3)27-28(16)20-14-19(25-22(26-20)18-10-7-13-30-18)24-21(29)12-11-17-8-5-4-6-9-17/h4-10,13-15,27H,11-12H2,1-3H3,(H,24,25,26,29). The molecule has 3 aromatic rings. The van der Waals surface area contributed by atoms with Crippen LogP contribution < -0.4 is 15.8 Å². The van der Waals surface area contributed by atoms with Crippen LogP contribution in [0.3, 0.4) is 0 Å². The maximum absolute atomic E-state index is 12.5. The van der Waals surface area contributed by atoms with Gasteiger partial charge in [-0.05, 0) is 51.0 Å². The Balaban J connectivity index is 1.57. The van der Waals surface area contributed by atoms with E-state index in [0.29, 0.717) is 36.1 Å². The van der Waals surface area contributed by atoms with Crippen LogP contribution in [0, 0.1) is 0 Å². The molecule has 2 N–H and O–H groups in total. The number of allylic oxidation sites excluding steroid dienone is 1. The Morgan fingerprint density at radius 3 is 2.63 bits per heavy atom. The third-order valence-electron chi connectivity index (χ3n) is 4.76. The van der Waals surface area contributed by atoms with Crippen molar-refractivity contribution in [2.45, 2.75) is 39.2 Å². The Hall–Kier alpha value is -3.45. The van der Waals surface area contributed by atoms with Crippen molar-refractivity contribution in [2.75, 3.05) is 10.3 Å². The highest BCUT2D eigenvalue weighted by atomic mass is 16.3. The van der Waals surface area contributed by atoms with E-state index in [-0.39, 0.29) is 11.4 Å². The quantitative estimate of drug-likeness (QED) is 0.638. The summed E-state index contributed by atoms with van der Waals surface area (Å²) >= 11 is 0. The van der Waals surface area contributed by atoms with Gasteiger partial charge in [-0.2, -0.15) is 0 Å². The van der Waals surface area contributed by atoms with Crippen LogP contribution in [0.25, 0.3) is 11.6 Å². The van der Waals surface area contributed by atoms with Crippen LogP contribution >= 0.6 is 0 Å². The Labute approximate surface area is 175 Å². The summed E-state index contributed by atoms with van der Waals surface area (Å²) < 4.78 is 5.48. The summed E-state index contributed by atoms with van der Waals surface area (Å²) in [4.78, 5) is 21.7. The van der Waals surface area contributed by atoms with Crippen LogP contribution in [0.1, 0.15) is 32.8 Å². The van der Waals surface area contributed by atoms with Crippen LogP contribution in [0.4, 0.5) is 11.6 Å². The van der Waals surface area contributed by atoms with Crippen LogP contribution in [-0.4, -0.2) is 21.4 Å². The first-order valence-electron chi connectivity index (χ1n) is 9.94. The van der Waals surface area contributed by atoms with E-state index in [4.69, 9.17) is 4.42 Å². The molecule has 30 heavy (non-hydrogen) atoms. The number of aromatic nitrogens is 2. The summed E-state index contributed by atoms with van der Waals surface area (Å²) in [6.45, 7) is 6.17. The number of amides is 1. The summed E-state index contributed by atoms with van der Waals surface area (Å²) in [6, 6.07) is 15.3. The number of nitrogens with zero attached hydrogens (tertiary/aromatic N) is 3. The van der Waals surface area contributed by atoms with Crippen molar-refractivity contribution >= 4 is 17.5 Å². The Morgan fingerprint density at radius 2 is 1.97 bits per heavy atom. The maximum Gasteiger partial charge on any atom is 0.225 e. The first-order valence-corrected chi connectivity index (χ1v) is 9.94. The third-order valence-corrected chi connectivity index (χ3v) is 4.76. The van der Waals surface area contributed by atoms with Gasteiger partial charge >= 0.3 is 0 Å². The molecular formula is C23H25N5O2. The molecule has 0 spiro atoms. The number of hydrazine groups is 1. The molecule has 1 aliphatic rings. The number of carbonyl (C=O) groups is 1. The second kappa shape index (κ2) is 8.12. The van der Waals surface area contributed by atoms with Gasteiger partial charge in [-0.25, -0.2) is 15.4 Å². The number of aryl methyl sites for hydroxylation is 1. The van der Waals surface area contributed by atoms with E-state index in [1.54, 1.807) is 24.5 Å². The van der Waals surface area contributed by atoms with Gasteiger partial charge in [0.2, 0.25) is 5.91 Å². The fraction of sp³-hybridized carbons (Fsp3) is 0.261. The number of carbonyl (C=O) groups excluding carboxylic acids is 1. The molecule has 4 rings (SSSR count). The molecule has 0 atom stereocenters. The van der Waals surface area contributed by atoms with Crippen LogP contribution in [0.15, 0.2) is 71.0 Å². The van der Waals surface area contributed by atoms with Gasteiger partial charge in [-0.15, -0.1) is 0 Å². The average Bonchev–Trinajstić information content (AvgIpc) is 3.34. The number of furan rings is 1. The average molecular weight is 403 g/mol. The molecule has 0 saturated carbocycles. The lowest BCUT2D eigenvalue weighted by Crippen LogP contribution is -2.43. The maximum atomic E-state index is 12.5. The highest BCUT2D eigenvalue weighted by Crippen LogP contribution is 2.28. The van der Waals surface area contributed by atoms with Gasteiger partial charge in [0, 0.05) is 18.2 Å². The van der Waals surface area contributed by atoms with Crippen LogP contribution in [0.5, 0.6) is 0 Å². The molecule has 2 aromatic heterocycles. The number of rotatable bonds is 6. The Morgan fingerprint density at radius 1 is 1.17 bits per heavy atom. The zero-order valence-corrected chi connectivity index (χ0v) is 17.3. The number of benzene rings is 1. The Kier molecular flexibility index (Phi) is 5.37. The topological polar surface area (TPSA) is 83.3 Å². The molecule has 0 unspecified atom stereocenters.